The van der Waals surface area contributed by atoms with E-state index in [0.717, 1.165) is 17.2 Å². The van der Waals surface area contributed by atoms with Crippen molar-refractivity contribution in [3.05, 3.63) is 144 Å². The van der Waals surface area contributed by atoms with Crippen LogP contribution in [0.15, 0.2) is 132 Å². The van der Waals surface area contributed by atoms with Crippen LogP contribution in [0.4, 0.5) is 13.2 Å². The van der Waals surface area contributed by atoms with Crippen molar-refractivity contribution >= 4 is 20.9 Å². The summed E-state index contributed by atoms with van der Waals surface area (Å²) in [5.74, 6) is 1.96. The van der Waals surface area contributed by atoms with E-state index in [4.69, 9.17) is 14.2 Å². The highest BCUT2D eigenvalue weighted by molar-refractivity contribution is 7.89. The van der Waals surface area contributed by atoms with Crippen molar-refractivity contribution in [2.45, 2.75) is 24.2 Å². The number of sulfonamides is 1. The minimum Gasteiger partial charge on any atom is -0.497 e. The Balaban J connectivity index is 1.30. The molecule has 1 heterocycles. The van der Waals surface area contributed by atoms with Crippen LogP contribution in [0.3, 0.4) is 0 Å². The highest BCUT2D eigenvalue weighted by Crippen LogP contribution is 2.38. The number of aromatic nitrogens is 1. The molecule has 6 aromatic rings. The molecule has 49 heavy (non-hydrogen) atoms. The first kappa shape index (κ1) is 33.5. The lowest BCUT2D eigenvalue weighted by atomic mass is 9.99. The molecular formula is C38H31F3N2O5S. The number of hydrogen-bond acceptors (Lipinski definition) is 6. The Hall–Kier alpha value is -5.39. The molecule has 0 saturated heterocycles. The third-order valence-electron chi connectivity index (χ3n) is 7.94. The van der Waals surface area contributed by atoms with E-state index < -0.39 is 21.8 Å². The first-order valence-corrected chi connectivity index (χ1v) is 16.6. The van der Waals surface area contributed by atoms with Crippen LogP contribution in [0.5, 0.6) is 23.0 Å². The second-order valence-electron chi connectivity index (χ2n) is 11.1. The second-order valence-corrected chi connectivity index (χ2v) is 13.1. The quantitative estimate of drug-likeness (QED) is 0.136. The van der Waals surface area contributed by atoms with Gasteiger partial charge in [-0.15, -0.1) is 0 Å². The number of halogens is 3. The van der Waals surface area contributed by atoms with E-state index in [2.05, 4.69) is 4.98 Å². The van der Waals surface area contributed by atoms with E-state index in [0.29, 0.717) is 33.8 Å². The van der Waals surface area contributed by atoms with Crippen LogP contribution >= 0.6 is 0 Å². The summed E-state index contributed by atoms with van der Waals surface area (Å²) in [6.07, 6.45) is -3.21. The Morgan fingerprint density at radius 2 is 1.24 bits per heavy atom. The summed E-state index contributed by atoms with van der Waals surface area (Å²) in [6, 6.07) is 33.0. The van der Waals surface area contributed by atoms with Gasteiger partial charge in [0, 0.05) is 30.7 Å². The summed E-state index contributed by atoms with van der Waals surface area (Å²) >= 11 is 0. The Morgan fingerprint density at radius 1 is 0.673 bits per heavy atom. The number of ether oxygens (including phenoxy) is 3. The van der Waals surface area contributed by atoms with Gasteiger partial charge in [0.2, 0.25) is 10.0 Å². The third-order valence-corrected chi connectivity index (χ3v) is 9.72. The molecular weight excluding hydrogens is 653 g/mol. The molecule has 0 aliphatic heterocycles. The molecule has 11 heteroatoms. The maximum Gasteiger partial charge on any atom is 0.418 e. The molecule has 0 radical (unpaired) electrons. The van der Waals surface area contributed by atoms with E-state index in [9.17, 15) is 21.6 Å². The van der Waals surface area contributed by atoms with Gasteiger partial charge < -0.3 is 14.2 Å². The second kappa shape index (κ2) is 14.0. The van der Waals surface area contributed by atoms with Crippen molar-refractivity contribution in [2.24, 2.45) is 0 Å². The van der Waals surface area contributed by atoms with Gasteiger partial charge in [0.25, 0.3) is 0 Å². The number of para-hydroxylation sites is 1. The predicted molar refractivity (Wildman–Crippen MR) is 181 cm³/mol. The van der Waals surface area contributed by atoms with E-state index in [-0.39, 0.29) is 29.3 Å². The summed E-state index contributed by atoms with van der Waals surface area (Å²) in [7, 11) is -0.914. The zero-order valence-electron chi connectivity index (χ0n) is 26.5. The normalized spacial score (nSPS) is 11.9. The van der Waals surface area contributed by atoms with E-state index in [1.165, 1.54) is 28.7 Å². The molecule has 0 fully saturated rings. The van der Waals surface area contributed by atoms with Gasteiger partial charge in [0.1, 0.15) is 23.0 Å². The Kier molecular flexibility index (Phi) is 9.57. The predicted octanol–water partition coefficient (Wildman–Crippen LogP) is 9.12. The van der Waals surface area contributed by atoms with Gasteiger partial charge in [-0.2, -0.15) is 17.5 Å². The third kappa shape index (κ3) is 7.53. The number of pyridine rings is 1. The fraction of sp³-hybridized carbons (Fsp3) is 0.132. The van der Waals surface area contributed by atoms with Crippen LogP contribution in [0.2, 0.25) is 0 Å². The molecule has 5 aromatic carbocycles. The molecule has 0 amide bonds. The van der Waals surface area contributed by atoms with Crippen LogP contribution in [-0.4, -0.2) is 31.9 Å². The fourth-order valence-electron chi connectivity index (χ4n) is 5.46. The number of hydrogen-bond donors (Lipinski definition) is 0. The van der Waals surface area contributed by atoms with Gasteiger partial charge in [-0.3, -0.25) is 4.98 Å². The lowest BCUT2D eigenvalue weighted by molar-refractivity contribution is -0.136. The molecule has 1 aromatic heterocycles. The largest absolute Gasteiger partial charge is 0.497 e. The van der Waals surface area contributed by atoms with Crippen molar-refractivity contribution in [2.75, 3.05) is 14.2 Å². The summed E-state index contributed by atoms with van der Waals surface area (Å²) in [4.78, 5) is 4.05. The summed E-state index contributed by atoms with van der Waals surface area (Å²) in [6.45, 7) is 0.197. The Morgan fingerprint density at radius 3 is 1.84 bits per heavy atom. The summed E-state index contributed by atoms with van der Waals surface area (Å²) in [5, 5.41) is 0.344. The number of benzene rings is 5. The number of nitrogens with zero attached hydrogens (tertiary/aromatic N) is 2. The molecule has 0 unspecified atom stereocenters. The zero-order valence-corrected chi connectivity index (χ0v) is 27.3. The van der Waals surface area contributed by atoms with Gasteiger partial charge >= 0.3 is 6.18 Å². The Labute approximate surface area is 282 Å². The van der Waals surface area contributed by atoms with Crippen LogP contribution in [0.1, 0.15) is 16.7 Å². The van der Waals surface area contributed by atoms with Gasteiger partial charge in [-0.05, 0) is 82.9 Å². The molecule has 0 bridgehead atoms. The first-order valence-electron chi connectivity index (χ1n) is 15.1. The highest BCUT2D eigenvalue weighted by atomic mass is 32.2. The molecule has 6 rings (SSSR count). The zero-order chi connectivity index (χ0) is 34.6. The van der Waals surface area contributed by atoms with Gasteiger partial charge in [-0.25, -0.2) is 8.42 Å². The van der Waals surface area contributed by atoms with Crippen molar-refractivity contribution in [3.8, 4) is 34.1 Å². The molecule has 7 nitrogen and oxygen atoms in total. The lowest BCUT2D eigenvalue weighted by Gasteiger charge is -2.23. The minimum atomic E-state index is -4.56. The van der Waals surface area contributed by atoms with Crippen molar-refractivity contribution in [3.63, 3.8) is 0 Å². The van der Waals surface area contributed by atoms with Crippen LogP contribution in [0.25, 0.3) is 22.0 Å². The molecule has 0 N–H and O–H groups in total. The van der Waals surface area contributed by atoms with Crippen molar-refractivity contribution < 1.29 is 35.8 Å². The van der Waals surface area contributed by atoms with E-state index in [1.54, 1.807) is 87.0 Å². The summed E-state index contributed by atoms with van der Waals surface area (Å²) < 4.78 is 87.5. The minimum absolute atomic E-state index is 0.0305. The monoisotopic (exact) mass is 684 g/mol. The van der Waals surface area contributed by atoms with Crippen LogP contribution in [-0.2, 0) is 29.3 Å². The lowest BCUT2D eigenvalue weighted by Crippen LogP contribution is -2.30. The molecule has 0 aliphatic carbocycles. The average Bonchev–Trinajstić information content (AvgIpc) is 3.11. The van der Waals surface area contributed by atoms with Gasteiger partial charge in [0.15, 0.2) is 0 Å². The Bertz CT molecular complexity index is 2140. The van der Waals surface area contributed by atoms with Crippen LogP contribution < -0.4 is 14.2 Å². The molecule has 0 spiro atoms. The van der Waals surface area contributed by atoms with Crippen molar-refractivity contribution in [1.82, 2.24) is 9.29 Å². The first-order chi connectivity index (χ1) is 23.5. The summed E-state index contributed by atoms with van der Waals surface area (Å²) in [5.41, 5.74) is 1.74. The fourth-order valence-corrected chi connectivity index (χ4v) is 6.91. The average molecular weight is 685 g/mol. The van der Waals surface area contributed by atoms with E-state index in [1.807, 2.05) is 24.3 Å². The number of fused-ring (bicyclic) bond motifs is 1. The molecule has 0 saturated carbocycles. The molecule has 0 aliphatic rings. The maximum absolute atomic E-state index is 14.2. The maximum atomic E-state index is 14.2. The number of alkyl halides is 3. The van der Waals surface area contributed by atoms with Crippen molar-refractivity contribution in [1.29, 1.82) is 0 Å². The highest BCUT2D eigenvalue weighted by Gasteiger charge is 2.33. The molecule has 250 valence electrons. The number of methoxy groups -OCH3 is 2. The van der Waals surface area contributed by atoms with E-state index >= 15 is 0 Å². The molecule has 0 atom stereocenters. The smallest absolute Gasteiger partial charge is 0.418 e. The standard InChI is InChI=1S/C38H31F3N2O5S/c1-46-29-16-12-26(13-17-29)24-43(25-27-14-18-30(47-2)19-15-27)49(44,45)33-9-4-8-32(23-33)48-31-7-3-6-28(22-31)34-20-21-42-37-35(34)10-5-11-36(37)38(39,40)41/h3-23H,24-25H2,1-2H3. The van der Waals surface area contributed by atoms with Crippen LogP contribution in [0, 0.1) is 0 Å². The van der Waals surface area contributed by atoms with Gasteiger partial charge in [-0.1, -0.05) is 54.6 Å². The van der Waals surface area contributed by atoms with Gasteiger partial charge in [0.05, 0.1) is 30.2 Å². The number of rotatable bonds is 11. The SMILES string of the molecule is COc1ccc(CN(Cc2ccc(OC)cc2)S(=O)(=O)c2cccc(Oc3cccc(-c4ccnc5c(C(F)(F)F)cccc45)c3)c2)cc1. The topological polar surface area (TPSA) is 78.0 Å².